The zero-order valence-corrected chi connectivity index (χ0v) is 22.4. The second-order valence-corrected chi connectivity index (χ2v) is 12.0. The number of carbonyl (C=O) groups is 2. The molecular weight excluding hydrogens is 510 g/mol. The number of nitrogens with zero attached hydrogens (tertiary/aromatic N) is 2. The van der Waals surface area contributed by atoms with Crippen LogP contribution in [0.5, 0.6) is 0 Å². The number of benzene rings is 1. The summed E-state index contributed by atoms with van der Waals surface area (Å²) in [6.45, 7) is 12.4. The molecule has 0 saturated heterocycles. The van der Waals surface area contributed by atoms with Gasteiger partial charge in [-0.3, -0.25) is 4.90 Å². The van der Waals surface area contributed by atoms with Gasteiger partial charge in [0.25, 0.3) is 0 Å². The standard InChI is InChI=1S/C23H32BrN3O5S/c1-14-8-10-15(11-9-14)18(28)16(26-20(29)31-22(2,3)4)13-27(19-25-12-17(24)33-19)21(30)32-23(5,6)7/h8-12,16,18,28H,13H2,1-7H3,(H,26,29)/t16-,18+/m1/s1. The molecule has 8 nitrogen and oxygen atoms in total. The maximum atomic E-state index is 13.1. The molecule has 2 rings (SSSR count). The molecule has 0 radical (unpaired) electrons. The highest BCUT2D eigenvalue weighted by molar-refractivity contribution is 9.11. The molecule has 0 unspecified atom stereocenters. The number of thiazole rings is 1. The van der Waals surface area contributed by atoms with Gasteiger partial charge in [0.1, 0.15) is 17.3 Å². The quantitative estimate of drug-likeness (QED) is 0.494. The normalized spacial score (nSPS) is 13.7. The number of halogens is 1. The Bertz CT molecular complexity index is 950. The maximum Gasteiger partial charge on any atom is 0.416 e. The van der Waals surface area contributed by atoms with E-state index in [0.717, 1.165) is 9.35 Å². The minimum Gasteiger partial charge on any atom is -0.444 e. The van der Waals surface area contributed by atoms with E-state index in [2.05, 4.69) is 26.2 Å². The van der Waals surface area contributed by atoms with E-state index in [1.54, 1.807) is 59.9 Å². The number of ether oxygens (including phenoxy) is 2. The molecule has 2 amide bonds. The van der Waals surface area contributed by atoms with Gasteiger partial charge in [-0.2, -0.15) is 0 Å². The Morgan fingerprint density at radius 1 is 1.12 bits per heavy atom. The molecule has 0 saturated carbocycles. The number of aliphatic hydroxyl groups excluding tert-OH is 1. The number of rotatable bonds is 6. The molecule has 0 spiro atoms. The number of aliphatic hydroxyl groups is 1. The molecule has 33 heavy (non-hydrogen) atoms. The van der Waals surface area contributed by atoms with Crippen molar-refractivity contribution < 1.29 is 24.2 Å². The Labute approximate surface area is 207 Å². The fraction of sp³-hybridized carbons (Fsp3) is 0.522. The van der Waals surface area contributed by atoms with E-state index >= 15 is 0 Å². The lowest BCUT2D eigenvalue weighted by atomic mass is 10.0. The van der Waals surface area contributed by atoms with E-state index in [9.17, 15) is 14.7 Å². The number of amides is 2. The van der Waals surface area contributed by atoms with Gasteiger partial charge in [0, 0.05) is 0 Å². The van der Waals surface area contributed by atoms with E-state index in [4.69, 9.17) is 9.47 Å². The van der Waals surface area contributed by atoms with Gasteiger partial charge < -0.3 is 19.9 Å². The predicted molar refractivity (Wildman–Crippen MR) is 133 cm³/mol. The van der Waals surface area contributed by atoms with Gasteiger partial charge in [-0.25, -0.2) is 14.6 Å². The van der Waals surface area contributed by atoms with E-state index in [0.29, 0.717) is 10.7 Å². The minimum absolute atomic E-state index is 0.0941. The number of anilines is 1. The Hall–Kier alpha value is -2.17. The number of aryl methyl sites for hydroxylation is 1. The van der Waals surface area contributed by atoms with E-state index in [-0.39, 0.29) is 6.54 Å². The van der Waals surface area contributed by atoms with Crippen LogP contribution in [0.15, 0.2) is 34.2 Å². The average molecular weight is 542 g/mol. The molecule has 0 aliphatic heterocycles. The minimum atomic E-state index is -1.12. The maximum absolute atomic E-state index is 13.1. The highest BCUT2D eigenvalue weighted by Gasteiger charge is 2.33. The van der Waals surface area contributed by atoms with Crippen molar-refractivity contribution in [3.63, 3.8) is 0 Å². The van der Waals surface area contributed by atoms with Gasteiger partial charge in [0.2, 0.25) is 0 Å². The molecule has 2 N–H and O–H groups in total. The predicted octanol–water partition coefficient (Wildman–Crippen LogP) is 5.58. The van der Waals surface area contributed by atoms with Crippen LogP contribution in [0.2, 0.25) is 0 Å². The fourth-order valence-electron chi connectivity index (χ4n) is 2.79. The molecule has 0 aliphatic carbocycles. The molecule has 182 valence electrons. The van der Waals surface area contributed by atoms with Gasteiger partial charge >= 0.3 is 12.2 Å². The SMILES string of the molecule is Cc1ccc([C@H](O)[C@@H](CN(C(=O)OC(C)(C)C)c2ncc(Br)s2)NC(=O)OC(C)(C)C)cc1. The van der Waals surface area contributed by atoms with Crippen LogP contribution in [-0.2, 0) is 9.47 Å². The Balaban J connectivity index is 2.39. The van der Waals surface area contributed by atoms with Crippen LogP contribution in [0, 0.1) is 6.92 Å². The zero-order valence-electron chi connectivity index (χ0n) is 20.0. The van der Waals surface area contributed by atoms with Crippen molar-refractivity contribution in [3.05, 3.63) is 45.4 Å². The monoisotopic (exact) mass is 541 g/mol. The second-order valence-electron chi connectivity index (χ2n) is 9.65. The first kappa shape index (κ1) is 27.1. The summed E-state index contributed by atoms with van der Waals surface area (Å²) in [5.74, 6) is 0. The first-order valence-corrected chi connectivity index (χ1v) is 12.1. The summed E-state index contributed by atoms with van der Waals surface area (Å²) in [5.41, 5.74) is 0.152. The summed E-state index contributed by atoms with van der Waals surface area (Å²) in [7, 11) is 0. The fourth-order valence-corrected chi connectivity index (χ4v) is 3.98. The Kier molecular flexibility index (Phi) is 8.89. The van der Waals surface area contributed by atoms with Crippen molar-refractivity contribution in [1.29, 1.82) is 0 Å². The number of hydrogen-bond donors (Lipinski definition) is 2. The highest BCUT2D eigenvalue weighted by atomic mass is 79.9. The molecule has 0 aliphatic rings. The van der Waals surface area contributed by atoms with Gasteiger partial charge in [0.05, 0.1) is 22.6 Å². The molecule has 0 bridgehead atoms. The van der Waals surface area contributed by atoms with E-state index in [1.165, 1.54) is 16.2 Å². The van der Waals surface area contributed by atoms with Crippen LogP contribution in [0.1, 0.15) is 58.8 Å². The lowest BCUT2D eigenvalue weighted by Gasteiger charge is -2.32. The second kappa shape index (κ2) is 10.8. The van der Waals surface area contributed by atoms with Crippen LogP contribution in [0.4, 0.5) is 14.7 Å². The Morgan fingerprint density at radius 2 is 1.70 bits per heavy atom. The van der Waals surface area contributed by atoms with Gasteiger partial charge in [-0.05, 0) is 70.0 Å². The third kappa shape index (κ3) is 8.94. The molecule has 1 heterocycles. The van der Waals surface area contributed by atoms with Crippen LogP contribution >= 0.6 is 27.3 Å². The van der Waals surface area contributed by atoms with Crippen LogP contribution in [-0.4, -0.2) is 46.1 Å². The highest BCUT2D eigenvalue weighted by Crippen LogP contribution is 2.29. The van der Waals surface area contributed by atoms with Crippen molar-refractivity contribution in [1.82, 2.24) is 10.3 Å². The van der Waals surface area contributed by atoms with E-state index in [1.807, 2.05) is 19.1 Å². The lowest BCUT2D eigenvalue weighted by Crippen LogP contribution is -2.51. The number of aromatic nitrogens is 1. The summed E-state index contributed by atoms with van der Waals surface area (Å²) in [5, 5.41) is 14.2. The summed E-state index contributed by atoms with van der Waals surface area (Å²) in [6, 6.07) is 6.39. The lowest BCUT2D eigenvalue weighted by molar-refractivity contribution is 0.0403. The van der Waals surface area contributed by atoms with Crippen molar-refractivity contribution in [3.8, 4) is 0 Å². The number of alkyl carbamates (subject to hydrolysis) is 1. The molecule has 1 aromatic carbocycles. The molecule has 1 aromatic heterocycles. The summed E-state index contributed by atoms with van der Waals surface area (Å²) >= 11 is 4.60. The topological polar surface area (TPSA) is 101 Å². The Morgan fingerprint density at radius 3 is 2.18 bits per heavy atom. The third-order valence-electron chi connectivity index (χ3n) is 4.19. The molecular formula is C23H32BrN3O5S. The van der Waals surface area contributed by atoms with Crippen molar-refractivity contribution in [2.75, 3.05) is 11.4 Å². The molecule has 0 fully saturated rings. The largest absolute Gasteiger partial charge is 0.444 e. The summed E-state index contributed by atoms with van der Waals surface area (Å²) < 4.78 is 11.7. The van der Waals surface area contributed by atoms with Crippen molar-refractivity contribution in [2.45, 2.75) is 71.8 Å². The zero-order chi connectivity index (χ0) is 25.0. The average Bonchev–Trinajstić information content (AvgIpc) is 3.08. The number of carbonyl (C=O) groups excluding carboxylic acids is 2. The molecule has 10 heteroatoms. The van der Waals surface area contributed by atoms with Crippen molar-refractivity contribution >= 4 is 44.6 Å². The van der Waals surface area contributed by atoms with Gasteiger partial charge in [0.15, 0.2) is 5.13 Å². The molecule has 2 atom stereocenters. The van der Waals surface area contributed by atoms with Crippen LogP contribution < -0.4 is 10.2 Å². The van der Waals surface area contributed by atoms with Gasteiger partial charge in [-0.15, -0.1) is 0 Å². The first-order chi connectivity index (χ1) is 15.1. The smallest absolute Gasteiger partial charge is 0.416 e. The third-order valence-corrected chi connectivity index (χ3v) is 5.69. The van der Waals surface area contributed by atoms with Crippen LogP contribution in [0.3, 0.4) is 0 Å². The van der Waals surface area contributed by atoms with Crippen molar-refractivity contribution in [2.24, 2.45) is 0 Å². The van der Waals surface area contributed by atoms with Gasteiger partial charge in [-0.1, -0.05) is 41.2 Å². The number of hydrogen-bond acceptors (Lipinski definition) is 7. The van der Waals surface area contributed by atoms with E-state index < -0.39 is 35.5 Å². The van der Waals surface area contributed by atoms with Crippen LogP contribution in [0.25, 0.3) is 0 Å². The summed E-state index contributed by atoms with van der Waals surface area (Å²) in [4.78, 5) is 31.2. The molecule has 2 aromatic rings. The number of nitrogens with one attached hydrogen (secondary N) is 1. The first-order valence-electron chi connectivity index (χ1n) is 10.5. The summed E-state index contributed by atoms with van der Waals surface area (Å²) in [6.07, 6.45) is -0.893.